The molecule has 1 unspecified atom stereocenters. The first kappa shape index (κ1) is 23.4. The lowest BCUT2D eigenvalue weighted by molar-refractivity contribution is 0.0691. The molecular weight excluding hydrogens is 431 g/mol. The number of H-pyrrole nitrogens is 1. The number of ether oxygens (including phenoxy) is 1. The zero-order valence-corrected chi connectivity index (χ0v) is 19.9. The number of amides is 1. The summed E-state index contributed by atoms with van der Waals surface area (Å²) in [5, 5.41) is 8.19. The van der Waals surface area contributed by atoms with Crippen molar-refractivity contribution in [2.24, 2.45) is 0 Å². The first-order chi connectivity index (χ1) is 16.4. The molecule has 7 heteroatoms. The standard InChI is InChI=1S/C27H29FN4O2/c1-5-12-32(18(4)24-15-29-17(3)23-16-30-31-26(23)24)27(33)20-10-11-22(25(14-20)34-6-2)19-8-7-9-21(28)13-19/h7-11,13-16,18H,5-6,12H2,1-4H3,(H,30,31). The van der Waals surface area contributed by atoms with E-state index in [4.69, 9.17) is 4.74 Å². The van der Waals surface area contributed by atoms with Crippen molar-refractivity contribution in [2.45, 2.75) is 40.2 Å². The van der Waals surface area contributed by atoms with E-state index in [0.717, 1.165) is 34.1 Å². The van der Waals surface area contributed by atoms with Crippen molar-refractivity contribution in [1.29, 1.82) is 0 Å². The Morgan fingerprint density at radius 2 is 2.00 bits per heavy atom. The number of rotatable bonds is 8. The second-order valence-corrected chi connectivity index (χ2v) is 8.29. The molecule has 2 heterocycles. The largest absolute Gasteiger partial charge is 0.493 e. The van der Waals surface area contributed by atoms with Crippen LogP contribution in [0.4, 0.5) is 4.39 Å². The fourth-order valence-electron chi connectivity index (χ4n) is 4.27. The van der Waals surface area contributed by atoms with E-state index in [-0.39, 0.29) is 17.8 Å². The highest BCUT2D eigenvalue weighted by molar-refractivity contribution is 5.96. The van der Waals surface area contributed by atoms with Gasteiger partial charge in [-0.05, 0) is 63.1 Å². The number of nitrogens with one attached hydrogen (secondary N) is 1. The van der Waals surface area contributed by atoms with Gasteiger partial charge in [0.1, 0.15) is 11.6 Å². The van der Waals surface area contributed by atoms with Gasteiger partial charge in [-0.15, -0.1) is 0 Å². The number of aromatic nitrogens is 3. The number of hydrogen-bond acceptors (Lipinski definition) is 4. The number of fused-ring (bicyclic) bond motifs is 1. The summed E-state index contributed by atoms with van der Waals surface area (Å²) < 4.78 is 19.7. The molecule has 0 fully saturated rings. The van der Waals surface area contributed by atoms with Crippen LogP contribution >= 0.6 is 0 Å². The first-order valence-corrected chi connectivity index (χ1v) is 11.6. The Hall–Kier alpha value is -3.74. The molecule has 6 nitrogen and oxygen atoms in total. The highest BCUT2D eigenvalue weighted by Crippen LogP contribution is 2.34. The molecule has 0 bridgehead atoms. The maximum Gasteiger partial charge on any atom is 0.254 e. The Labute approximate surface area is 198 Å². The van der Waals surface area contributed by atoms with Crippen LogP contribution in [0, 0.1) is 12.7 Å². The van der Waals surface area contributed by atoms with Crippen LogP contribution in [-0.2, 0) is 0 Å². The van der Waals surface area contributed by atoms with Crippen molar-refractivity contribution < 1.29 is 13.9 Å². The summed E-state index contributed by atoms with van der Waals surface area (Å²) in [4.78, 5) is 20.1. The maximum absolute atomic E-state index is 13.8. The van der Waals surface area contributed by atoms with Crippen LogP contribution in [0.15, 0.2) is 54.9 Å². The average molecular weight is 461 g/mol. The third-order valence-electron chi connectivity index (χ3n) is 6.02. The van der Waals surface area contributed by atoms with E-state index in [9.17, 15) is 9.18 Å². The van der Waals surface area contributed by atoms with E-state index in [1.165, 1.54) is 12.1 Å². The quantitative estimate of drug-likeness (QED) is 0.346. The SMILES string of the molecule is CCCN(C(=O)c1ccc(-c2cccc(F)c2)c(OCC)c1)C(C)c1cnc(C)c2cn[nH]c12. The van der Waals surface area contributed by atoms with Crippen LogP contribution in [-0.4, -0.2) is 39.1 Å². The number of hydrogen-bond donors (Lipinski definition) is 1. The molecule has 0 aliphatic rings. The van der Waals surface area contributed by atoms with Crippen LogP contribution in [0.1, 0.15) is 54.8 Å². The summed E-state index contributed by atoms with van der Waals surface area (Å²) >= 11 is 0. The van der Waals surface area contributed by atoms with Crippen LogP contribution in [0.2, 0.25) is 0 Å². The number of carbonyl (C=O) groups excluding carboxylic acids is 1. The summed E-state index contributed by atoms with van der Waals surface area (Å²) in [5.41, 5.74) is 4.67. The Kier molecular flexibility index (Phi) is 6.91. The Bertz CT molecular complexity index is 1320. The van der Waals surface area contributed by atoms with Crippen LogP contribution in [0.3, 0.4) is 0 Å². The second kappa shape index (κ2) is 10.0. The summed E-state index contributed by atoms with van der Waals surface area (Å²) in [5.74, 6) is 0.130. The highest BCUT2D eigenvalue weighted by Gasteiger charge is 2.25. The number of aryl methyl sites for hydroxylation is 1. The van der Waals surface area contributed by atoms with Gasteiger partial charge in [-0.3, -0.25) is 14.9 Å². The monoisotopic (exact) mass is 460 g/mol. The topological polar surface area (TPSA) is 71.1 Å². The molecule has 2 aromatic carbocycles. The minimum atomic E-state index is -0.320. The molecule has 4 aromatic rings. The van der Waals surface area contributed by atoms with Gasteiger partial charge in [-0.25, -0.2) is 4.39 Å². The molecule has 0 saturated heterocycles. The van der Waals surface area contributed by atoms with E-state index in [1.54, 1.807) is 24.4 Å². The first-order valence-electron chi connectivity index (χ1n) is 11.6. The van der Waals surface area contributed by atoms with Gasteiger partial charge in [-0.2, -0.15) is 5.10 Å². The molecule has 0 saturated carbocycles. The number of benzene rings is 2. The fraction of sp³-hybridized carbons (Fsp3) is 0.296. The molecule has 1 amide bonds. The lowest BCUT2D eigenvalue weighted by Crippen LogP contribution is -2.34. The van der Waals surface area contributed by atoms with Gasteiger partial charge in [0.25, 0.3) is 5.91 Å². The van der Waals surface area contributed by atoms with Gasteiger partial charge in [0.05, 0.1) is 24.4 Å². The van der Waals surface area contributed by atoms with Gasteiger partial charge in [-0.1, -0.05) is 19.1 Å². The molecule has 34 heavy (non-hydrogen) atoms. The predicted molar refractivity (Wildman–Crippen MR) is 131 cm³/mol. The van der Waals surface area contributed by atoms with Gasteiger partial charge in [0, 0.05) is 40.5 Å². The van der Waals surface area contributed by atoms with Crippen molar-refractivity contribution in [1.82, 2.24) is 20.1 Å². The van der Waals surface area contributed by atoms with E-state index in [0.29, 0.717) is 30.0 Å². The van der Waals surface area contributed by atoms with Crippen molar-refractivity contribution in [3.63, 3.8) is 0 Å². The lowest BCUT2D eigenvalue weighted by Gasteiger charge is -2.30. The smallest absolute Gasteiger partial charge is 0.254 e. The third kappa shape index (κ3) is 4.51. The summed E-state index contributed by atoms with van der Waals surface area (Å²) in [6, 6.07) is 11.5. The van der Waals surface area contributed by atoms with Gasteiger partial charge in [0.2, 0.25) is 0 Å². The maximum atomic E-state index is 13.8. The molecule has 0 spiro atoms. The number of nitrogens with zero attached hydrogens (tertiary/aromatic N) is 3. The molecule has 0 aliphatic heterocycles. The van der Waals surface area contributed by atoms with Crippen molar-refractivity contribution in [3.05, 3.63) is 77.5 Å². The highest BCUT2D eigenvalue weighted by atomic mass is 19.1. The number of aromatic amines is 1. The van der Waals surface area contributed by atoms with E-state index < -0.39 is 0 Å². The number of halogens is 1. The molecule has 4 rings (SSSR count). The Balaban J connectivity index is 1.72. The Morgan fingerprint density at radius 1 is 1.18 bits per heavy atom. The minimum Gasteiger partial charge on any atom is -0.493 e. The van der Waals surface area contributed by atoms with E-state index in [1.807, 2.05) is 50.9 Å². The molecule has 0 radical (unpaired) electrons. The number of pyridine rings is 1. The fourth-order valence-corrected chi connectivity index (χ4v) is 4.27. The third-order valence-corrected chi connectivity index (χ3v) is 6.02. The summed E-state index contributed by atoms with van der Waals surface area (Å²) in [7, 11) is 0. The molecule has 1 atom stereocenters. The second-order valence-electron chi connectivity index (χ2n) is 8.29. The average Bonchev–Trinajstić information content (AvgIpc) is 3.33. The van der Waals surface area contributed by atoms with Crippen LogP contribution < -0.4 is 4.74 Å². The van der Waals surface area contributed by atoms with Gasteiger partial charge >= 0.3 is 0 Å². The molecular formula is C27H29FN4O2. The predicted octanol–water partition coefficient (Wildman–Crippen LogP) is 6.08. The normalized spacial score (nSPS) is 12.0. The van der Waals surface area contributed by atoms with E-state index >= 15 is 0 Å². The Morgan fingerprint density at radius 3 is 2.74 bits per heavy atom. The zero-order chi connectivity index (χ0) is 24.2. The van der Waals surface area contributed by atoms with Crippen molar-refractivity contribution in [2.75, 3.05) is 13.2 Å². The van der Waals surface area contributed by atoms with Crippen molar-refractivity contribution >= 4 is 16.8 Å². The van der Waals surface area contributed by atoms with E-state index in [2.05, 4.69) is 15.2 Å². The summed E-state index contributed by atoms with van der Waals surface area (Å²) in [6.45, 7) is 8.89. The summed E-state index contributed by atoms with van der Waals surface area (Å²) in [6.07, 6.45) is 4.38. The van der Waals surface area contributed by atoms with Gasteiger partial charge in [0.15, 0.2) is 0 Å². The molecule has 176 valence electrons. The van der Waals surface area contributed by atoms with Crippen LogP contribution in [0.25, 0.3) is 22.0 Å². The molecule has 0 aliphatic carbocycles. The van der Waals surface area contributed by atoms with Crippen molar-refractivity contribution in [3.8, 4) is 16.9 Å². The number of carbonyl (C=O) groups is 1. The minimum absolute atomic E-state index is 0.102. The molecule has 2 aromatic heterocycles. The zero-order valence-electron chi connectivity index (χ0n) is 19.9. The van der Waals surface area contributed by atoms with Crippen LogP contribution in [0.5, 0.6) is 5.75 Å². The lowest BCUT2D eigenvalue weighted by atomic mass is 10.0. The van der Waals surface area contributed by atoms with Gasteiger partial charge < -0.3 is 9.64 Å². The molecule has 1 N–H and O–H groups in total.